The predicted molar refractivity (Wildman–Crippen MR) is 137 cm³/mol. The number of allylic oxidation sites excluding steroid dienone is 1. The van der Waals surface area contributed by atoms with Crippen LogP contribution < -0.4 is 9.47 Å². The second-order valence-electron chi connectivity index (χ2n) is 8.54. The number of hydrogen-bond acceptors (Lipinski definition) is 3. The van der Waals surface area contributed by atoms with Gasteiger partial charge in [0, 0.05) is 11.5 Å². The fraction of sp³-hybridized carbons (Fsp3) is 0.161. The van der Waals surface area contributed by atoms with Crippen LogP contribution in [0.1, 0.15) is 34.6 Å². The van der Waals surface area contributed by atoms with Gasteiger partial charge >= 0.3 is 0 Å². The molecule has 1 aliphatic carbocycles. The molecule has 4 aromatic rings. The van der Waals surface area contributed by atoms with Gasteiger partial charge in [-0.15, -0.1) is 0 Å². The van der Waals surface area contributed by atoms with E-state index in [9.17, 15) is 5.11 Å². The van der Waals surface area contributed by atoms with Crippen LogP contribution in [0.2, 0.25) is 0 Å². The molecule has 0 aromatic heterocycles. The normalized spacial score (nSPS) is 17.6. The quantitative estimate of drug-likeness (QED) is 0.341. The average molecular weight is 449 g/mol. The molecule has 0 saturated carbocycles. The molecule has 5 rings (SSSR count). The largest absolute Gasteiger partial charge is 0.497 e. The maximum absolute atomic E-state index is 11.4. The minimum Gasteiger partial charge on any atom is -0.497 e. The highest BCUT2D eigenvalue weighted by Gasteiger charge is 2.36. The molecule has 1 aliphatic rings. The molecule has 2 unspecified atom stereocenters. The van der Waals surface area contributed by atoms with Crippen LogP contribution in [0.5, 0.6) is 11.5 Å². The summed E-state index contributed by atoms with van der Waals surface area (Å²) < 4.78 is 11.7. The van der Waals surface area contributed by atoms with E-state index in [-0.39, 0.29) is 5.92 Å². The molecule has 0 radical (unpaired) electrons. The van der Waals surface area contributed by atoms with E-state index in [2.05, 4.69) is 54.6 Å². The van der Waals surface area contributed by atoms with Crippen molar-refractivity contribution in [3.8, 4) is 11.5 Å². The van der Waals surface area contributed by atoms with Crippen LogP contribution >= 0.6 is 0 Å². The summed E-state index contributed by atoms with van der Waals surface area (Å²) in [5.74, 6) is 1.68. The predicted octanol–water partition coefficient (Wildman–Crippen LogP) is 6.73. The molecule has 3 nitrogen and oxygen atoms in total. The summed E-state index contributed by atoms with van der Waals surface area (Å²) in [6.07, 6.45) is 0.0389. The summed E-state index contributed by atoms with van der Waals surface area (Å²) in [7, 11) is 1.67. The first kappa shape index (κ1) is 22.0. The molecule has 0 heterocycles. The van der Waals surface area contributed by atoms with Gasteiger partial charge in [-0.1, -0.05) is 91.0 Å². The zero-order valence-corrected chi connectivity index (χ0v) is 19.2. The van der Waals surface area contributed by atoms with E-state index < -0.39 is 6.10 Å². The first-order valence-electron chi connectivity index (χ1n) is 11.6. The highest BCUT2D eigenvalue weighted by atomic mass is 16.5. The maximum Gasteiger partial charge on any atom is 0.127 e. The van der Waals surface area contributed by atoms with Crippen molar-refractivity contribution in [2.24, 2.45) is 0 Å². The van der Waals surface area contributed by atoms with E-state index in [1.54, 1.807) is 7.11 Å². The Morgan fingerprint density at radius 1 is 0.735 bits per heavy atom. The molecule has 0 amide bonds. The van der Waals surface area contributed by atoms with Crippen LogP contribution in [-0.2, 0) is 6.61 Å². The molecule has 0 saturated heterocycles. The topological polar surface area (TPSA) is 38.7 Å². The van der Waals surface area contributed by atoms with Gasteiger partial charge in [0.05, 0.1) is 13.2 Å². The van der Waals surface area contributed by atoms with Gasteiger partial charge in [0.2, 0.25) is 0 Å². The lowest BCUT2D eigenvalue weighted by molar-refractivity contribution is 0.225. The number of benzene rings is 4. The molecule has 170 valence electrons. The molecule has 0 aliphatic heterocycles. The third kappa shape index (κ3) is 4.48. The van der Waals surface area contributed by atoms with Crippen molar-refractivity contribution in [3.05, 3.63) is 131 Å². The first-order valence-corrected chi connectivity index (χ1v) is 11.6. The first-order chi connectivity index (χ1) is 16.7. The Labute approximate surface area is 200 Å². The molecular weight excluding hydrogens is 420 g/mol. The fourth-order valence-corrected chi connectivity index (χ4v) is 4.82. The van der Waals surface area contributed by atoms with Crippen LogP contribution in [-0.4, -0.2) is 18.3 Å². The van der Waals surface area contributed by atoms with Crippen molar-refractivity contribution in [1.82, 2.24) is 0 Å². The highest BCUT2D eigenvalue weighted by molar-refractivity contribution is 5.99. The SMILES string of the molecule is COc1ccc(C2=C(c3ccccc3OCc3ccccc3)C(O)CC2c2ccccc2)cc1. The summed E-state index contributed by atoms with van der Waals surface area (Å²) in [6.45, 7) is 0.473. The van der Waals surface area contributed by atoms with Crippen LogP contribution in [0.25, 0.3) is 11.1 Å². The van der Waals surface area contributed by atoms with Crippen LogP contribution in [0.3, 0.4) is 0 Å². The van der Waals surface area contributed by atoms with Gasteiger partial charge in [0.25, 0.3) is 0 Å². The van der Waals surface area contributed by atoms with Gasteiger partial charge in [-0.25, -0.2) is 0 Å². The van der Waals surface area contributed by atoms with Crippen LogP contribution in [0.15, 0.2) is 109 Å². The molecule has 0 bridgehead atoms. The number of para-hydroxylation sites is 1. The second-order valence-corrected chi connectivity index (χ2v) is 8.54. The summed E-state index contributed by atoms with van der Waals surface area (Å²) >= 11 is 0. The van der Waals surface area contributed by atoms with E-state index in [0.717, 1.165) is 39.3 Å². The Hall–Kier alpha value is -3.82. The Morgan fingerprint density at radius 3 is 2.09 bits per heavy atom. The number of hydrogen-bond donors (Lipinski definition) is 1. The molecule has 4 aromatic carbocycles. The molecule has 0 spiro atoms. The summed E-state index contributed by atoms with van der Waals surface area (Å²) in [5, 5.41) is 11.4. The van der Waals surface area contributed by atoms with Crippen LogP contribution in [0.4, 0.5) is 0 Å². The maximum atomic E-state index is 11.4. The van der Waals surface area contributed by atoms with E-state index in [0.29, 0.717) is 13.0 Å². The van der Waals surface area contributed by atoms with Crippen molar-refractivity contribution < 1.29 is 14.6 Å². The Morgan fingerprint density at radius 2 is 1.38 bits per heavy atom. The zero-order valence-electron chi connectivity index (χ0n) is 19.2. The van der Waals surface area contributed by atoms with Crippen molar-refractivity contribution in [1.29, 1.82) is 0 Å². The minimum absolute atomic E-state index is 0.0850. The summed E-state index contributed by atoms with van der Waals surface area (Å²) in [4.78, 5) is 0. The van der Waals surface area contributed by atoms with E-state index in [1.807, 2.05) is 54.6 Å². The second kappa shape index (κ2) is 9.98. The summed E-state index contributed by atoms with van der Waals surface area (Å²) in [6, 6.07) is 36.7. The van der Waals surface area contributed by atoms with Crippen LogP contribution in [0, 0.1) is 0 Å². The number of aliphatic hydroxyl groups is 1. The average Bonchev–Trinajstić information content (AvgIpc) is 3.25. The number of aliphatic hydroxyl groups excluding tert-OH is 1. The molecule has 2 atom stereocenters. The third-order valence-corrected chi connectivity index (χ3v) is 6.45. The van der Waals surface area contributed by atoms with Crippen molar-refractivity contribution in [2.45, 2.75) is 25.0 Å². The number of rotatable bonds is 7. The van der Waals surface area contributed by atoms with Gasteiger partial charge < -0.3 is 14.6 Å². The molecule has 0 fully saturated rings. The smallest absolute Gasteiger partial charge is 0.127 e. The lowest BCUT2D eigenvalue weighted by atomic mass is 9.87. The standard InChI is InChI=1S/C31H28O3/c1-33-25-18-16-24(17-19-25)30-27(23-12-6-3-7-13-23)20-28(32)31(30)26-14-8-9-15-29(26)34-21-22-10-4-2-5-11-22/h2-19,27-28,32H,20-21H2,1H3. The Bertz CT molecular complexity index is 1260. The van der Waals surface area contributed by atoms with Gasteiger partial charge in [-0.05, 0) is 52.5 Å². The van der Waals surface area contributed by atoms with E-state index in [1.165, 1.54) is 5.56 Å². The van der Waals surface area contributed by atoms with Crippen molar-refractivity contribution in [2.75, 3.05) is 7.11 Å². The van der Waals surface area contributed by atoms with Gasteiger partial charge in [0.1, 0.15) is 18.1 Å². The minimum atomic E-state index is -0.594. The fourth-order valence-electron chi connectivity index (χ4n) is 4.82. The van der Waals surface area contributed by atoms with Gasteiger partial charge in [-0.3, -0.25) is 0 Å². The third-order valence-electron chi connectivity index (χ3n) is 6.45. The number of methoxy groups -OCH3 is 1. The molecular formula is C31H28O3. The Balaban J connectivity index is 1.62. The van der Waals surface area contributed by atoms with E-state index >= 15 is 0 Å². The van der Waals surface area contributed by atoms with Gasteiger partial charge in [-0.2, -0.15) is 0 Å². The lowest BCUT2D eigenvalue weighted by Crippen LogP contribution is -2.07. The molecule has 34 heavy (non-hydrogen) atoms. The monoisotopic (exact) mass is 448 g/mol. The number of ether oxygens (including phenoxy) is 2. The summed E-state index contributed by atoms with van der Waals surface area (Å²) in [5.41, 5.74) is 6.40. The zero-order chi connectivity index (χ0) is 23.3. The highest BCUT2D eigenvalue weighted by Crippen LogP contribution is 2.50. The Kier molecular flexibility index (Phi) is 6.46. The van der Waals surface area contributed by atoms with Gasteiger partial charge in [0.15, 0.2) is 0 Å². The van der Waals surface area contributed by atoms with Crippen molar-refractivity contribution in [3.63, 3.8) is 0 Å². The molecule has 1 N–H and O–H groups in total. The lowest BCUT2D eigenvalue weighted by Gasteiger charge is -2.19. The van der Waals surface area contributed by atoms with Crippen molar-refractivity contribution >= 4 is 11.1 Å². The van der Waals surface area contributed by atoms with E-state index in [4.69, 9.17) is 9.47 Å². The molecule has 3 heteroatoms.